The number of carbonyl (C=O) groups is 2. The highest BCUT2D eigenvalue weighted by Gasteiger charge is 2.45. The lowest BCUT2D eigenvalue weighted by molar-refractivity contribution is -0.144. The second-order valence-electron chi connectivity index (χ2n) is 11.2. The lowest BCUT2D eigenvalue weighted by Crippen LogP contribution is -2.62. The molecule has 1 aliphatic carbocycles. The zero-order valence-corrected chi connectivity index (χ0v) is 21.1. The number of nitrogens with one attached hydrogen (secondary N) is 1. The van der Waals surface area contributed by atoms with Gasteiger partial charge in [-0.1, -0.05) is 6.07 Å². The van der Waals surface area contributed by atoms with E-state index in [4.69, 9.17) is 0 Å². The van der Waals surface area contributed by atoms with Gasteiger partial charge in [-0.3, -0.25) is 4.79 Å². The van der Waals surface area contributed by atoms with Gasteiger partial charge in [0.15, 0.2) is 0 Å². The van der Waals surface area contributed by atoms with Gasteiger partial charge in [0, 0.05) is 51.2 Å². The van der Waals surface area contributed by atoms with Crippen LogP contribution in [0.15, 0.2) is 23.1 Å². The van der Waals surface area contributed by atoms with Crippen LogP contribution in [0.25, 0.3) is 0 Å². The van der Waals surface area contributed by atoms with Crippen LogP contribution in [0.2, 0.25) is 0 Å². The Morgan fingerprint density at radius 2 is 1.71 bits per heavy atom. The van der Waals surface area contributed by atoms with Crippen molar-refractivity contribution >= 4 is 22.0 Å². The van der Waals surface area contributed by atoms with Crippen molar-refractivity contribution in [3.05, 3.63) is 29.3 Å². The fraction of sp³-hybridized carbons (Fsp3) is 0.692. The van der Waals surface area contributed by atoms with E-state index in [1.807, 2.05) is 21.9 Å². The van der Waals surface area contributed by atoms with E-state index in [2.05, 4.69) is 9.62 Å². The number of hydrogen-bond acceptors (Lipinski definition) is 4. The molecule has 1 N–H and O–H groups in total. The summed E-state index contributed by atoms with van der Waals surface area (Å²) in [5.41, 5.74) is 2.42. The summed E-state index contributed by atoms with van der Waals surface area (Å²) >= 11 is 0. The Bertz CT molecular complexity index is 1110. The number of nitrogens with zero attached hydrogens (tertiary/aromatic N) is 3. The molecule has 4 aliphatic heterocycles. The zero-order valence-electron chi connectivity index (χ0n) is 20.3. The molecule has 1 aromatic rings. The van der Waals surface area contributed by atoms with Crippen LogP contribution in [0.5, 0.6) is 0 Å². The molecule has 2 bridgehead atoms. The highest BCUT2D eigenvalue weighted by atomic mass is 32.2. The van der Waals surface area contributed by atoms with Gasteiger partial charge in [0.25, 0.3) is 0 Å². The zero-order chi connectivity index (χ0) is 24.2. The number of urea groups is 1. The second-order valence-corrected chi connectivity index (χ2v) is 12.9. The van der Waals surface area contributed by atoms with E-state index in [-0.39, 0.29) is 12.1 Å². The van der Waals surface area contributed by atoms with E-state index in [9.17, 15) is 18.0 Å². The van der Waals surface area contributed by atoms with Crippen molar-refractivity contribution in [1.82, 2.24) is 19.4 Å². The molecule has 0 aromatic heterocycles. The molecule has 1 aromatic carbocycles. The third-order valence-electron chi connectivity index (χ3n) is 8.92. The van der Waals surface area contributed by atoms with Crippen molar-refractivity contribution in [2.24, 2.45) is 11.8 Å². The van der Waals surface area contributed by atoms with Crippen molar-refractivity contribution in [3.8, 4) is 0 Å². The van der Waals surface area contributed by atoms with Gasteiger partial charge in [0.1, 0.15) is 0 Å². The van der Waals surface area contributed by atoms with Gasteiger partial charge in [-0.25, -0.2) is 17.9 Å². The van der Waals surface area contributed by atoms with Crippen LogP contribution in [0.1, 0.15) is 56.1 Å². The summed E-state index contributed by atoms with van der Waals surface area (Å²) in [6.45, 7) is 3.37. The molecule has 3 amide bonds. The first-order valence-corrected chi connectivity index (χ1v) is 14.8. The summed E-state index contributed by atoms with van der Waals surface area (Å²) in [4.78, 5) is 32.1. The van der Waals surface area contributed by atoms with Crippen LogP contribution >= 0.6 is 0 Å². The molecule has 190 valence electrons. The molecule has 9 heteroatoms. The molecule has 0 radical (unpaired) electrons. The maximum absolute atomic E-state index is 13.4. The van der Waals surface area contributed by atoms with Crippen LogP contribution in [0.4, 0.5) is 4.79 Å². The van der Waals surface area contributed by atoms with E-state index in [0.29, 0.717) is 61.0 Å². The Morgan fingerprint density at radius 1 is 0.914 bits per heavy atom. The average Bonchev–Trinajstić information content (AvgIpc) is 3.33. The van der Waals surface area contributed by atoms with E-state index in [1.54, 1.807) is 6.07 Å². The lowest BCUT2D eigenvalue weighted by atomic mass is 9.76. The predicted octanol–water partition coefficient (Wildman–Crippen LogP) is 2.37. The molecule has 4 fully saturated rings. The normalized spacial score (nSPS) is 29.2. The Balaban J connectivity index is 1.04. The number of fused-ring (bicyclic) bond motifs is 5. The number of likely N-dealkylation sites (tertiary alicyclic amines) is 2. The van der Waals surface area contributed by atoms with E-state index < -0.39 is 10.0 Å². The molecule has 6 rings (SSSR count). The number of hydrogen-bond donors (Lipinski definition) is 1. The van der Waals surface area contributed by atoms with Crippen molar-refractivity contribution < 1.29 is 18.0 Å². The summed E-state index contributed by atoms with van der Waals surface area (Å²) in [6, 6.07) is 5.73. The maximum atomic E-state index is 13.4. The third-order valence-corrected chi connectivity index (χ3v) is 10.4. The number of carbonyl (C=O) groups excluding carboxylic acids is 2. The Hall–Kier alpha value is -2.13. The summed E-state index contributed by atoms with van der Waals surface area (Å²) in [5.74, 6) is 1.04. The minimum Gasteiger partial charge on any atom is -0.339 e. The van der Waals surface area contributed by atoms with Crippen molar-refractivity contribution in [3.63, 3.8) is 0 Å². The fourth-order valence-electron chi connectivity index (χ4n) is 7.16. The van der Waals surface area contributed by atoms with Crippen LogP contribution < -0.4 is 4.72 Å². The van der Waals surface area contributed by atoms with Crippen molar-refractivity contribution in [2.75, 3.05) is 32.7 Å². The average molecular weight is 501 g/mol. The number of benzene rings is 1. The molecule has 0 unspecified atom stereocenters. The van der Waals surface area contributed by atoms with Gasteiger partial charge < -0.3 is 14.7 Å². The van der Waals surface area contributed by atoms with Crippen LogP contribution in [-0.4, -0.2) is 79.9 Å². The van der Waals surface area contributed by atoms with Crippen LogP contribution in [-0.2, 0) is 27.7 Å². The SMILES string of the molecule is O=C(N1CCC(NS(=O)(=O)c2ccc3c(c2)CCC3)CC1)N1C[C@H]2C[C@H](C1)[C@H]1CCCC(=O)N1C2. The lowest BCUT2D eigenvalue weighted by Gasteiger charge is -2.53. The largest absolute Gasteiger partial charge is 0.339 e. The molecule has 35 heavy (non-hydrogen) atoms. The highest BCUT2D eigenvalue weighted by Crippen LogP contribution is 2.38. The van der Waals surface area contributed by atoms with Crippen LogP contribution in [0.3, 0.4) is 0 Å². The predicted molar refractivity (Wildman–Crippen MR) is 131 cm³/mol. The quantitative estimate of drug-likeness (QED) is 0.690. The highest BCUT2D eigenvalue weighted by molar-refractivity contribution is 7.89. The fourth-order valence-corrected chi connectivity index (χ4v) is 8.51. The first-order valence-electron chi connectivity index (χ1n) is 13.3. The Morgan fingerprint density at radius 3 is 2.54 bits per heavy atom. The van der Waals surface area contributed by atoms with Gasteiger partial charge in [0.05, 0.1) is 4.90 Å². The van der Waals surface area contributed by atoms with E-state index in [0.717, 1.165) is 63.7 Å². The van der Waals surface area contributed by atoms with Crippen molar-refractivity contribution in [2.45, 2.75) is 74.8 Å². The minimum atomic E-state index is -3.56. The van der Waals surface area contributed by atoms with Crippen molar-refractivity contribution in [1.29, 1.82) is 0 Å². The molecule has 8 nitrogen and oxygen atoms in total. The van der Waals surface area contributed by atoms with Gasteiger partial charge in [-0.05, 0) is 86.5 Å². The Labute approximate surface area is 208 Å². The summed E-state index contributed by atoms with van der Waals surface area (Å²) < 4.78 is 28.9. The minimum absolute atomic E-state index is 0.0789. The number of piperidine rings is 4. The second kappa shape index (κ2) is 9.07. The topological polar surface area (TPSA) is 90.0 Å². The van der Waals surface area contributed by atoms with Gasteiger partial charge in [0.2, 0.25) is 15.9 Å². The van der Waals surface area contributed by atoms with Gasteiger partial charge in [-0.15, -0.1) is 0 Å². The molecule has 4 saturated heterocycles. The standard InChI is InChI=1S/C26H36N4O4S/c31-25-6-2-5-24-21-13-18(16-30(24)25)15-29(17-21)26(32)28-11-9-22(10-12-28)27-35(33,34)23-8-7-19-3-1-4-20(19)14-23/h7-8,14,18,21-22,24,27H,1-6,9-13,15-17H2/t18-,21-,24-/m1/s1. The Kier molecular flexibility index (Phi) is 6.03. The number of aryl methyl sites for hydroxylation is 2. The molecule has 4 heterocycles. The monoisotopic (exact) mass is 500 g/mol. The first kappa shape index (κ1) is 23.3. The third kappa shape index (κ3) is 4.46. The van der Waals surface area contributed by atoms with E-state index >= 15 is 0 Å². The van der Waals surface area contributed by atoms with Gasteiger partial charge in [-0.2, -0.15) is 0 Å². The molecule has 0 saturated carbocycles. The number of sulfonamides is 1. The summed E-state index contributed by atoms with van der Waals surface area (Å²) in [6.07, 6.45) is 8.13. The first-order chi connectivity index (χ1) is 16.9. The van der Waals surface area contributed by atoms with Crippen LogP contribution in [0, 0.1) is 11.8 Å². The van der Waals surface area contributed by atoms with Gasteiger partial charge >= 0.3 is 6.03 Å². The molecule has 5 aliphatic rings. The smallest absolute Gasteiger partial charge is 0.320 e. The summed E-state index contributed by atoms with van der Waals surface area (Å²) in [7, 11) is -3.56. The molecule has 0 spiro atoms. The number of amides is 3. The molecular weight excluding hydrogens is 464 g/mol. The van der Waals surface area contributed by atoms with E-state index in [1.165, 1.54) is 5.56 Å². The summed E-state index contributed by atoms with van der Waals surface area (Å²) in [5, 5.41) is 0. The molecule has 3 atom stereocenters. The number of rotatable bonds is 3. The molecular formula is C26H36N4O4S. The maximum Gasteiger partial charge on any atom is 0.320 e.